The summed E-state index contributed by atoms with van der Waals surface area (Å²) in [5, 5.41) is 12.8. The number of carboxylic acid groups (broad SMARTS) is 1. The Morgan fingerprint density at radius 1 is 1.47 bits per heavy atom. The maximum atomic E-state index is 10.9. The average Bonchev–Trinajstić information content (AvgIpc) is 2.62. The van der Waals surface area contributed by atoms with Crippen molar-refractivity contribution in [2.75, 3.05) is 5.84 Å². The topological polar surface area (TPSA) is 81.1 Å². The molecule has 0 spiro atoms. The molecule has 0 aliphatic heterocycles. The third-order valence-electron chi connectivity index (χ3n) is 3.01. The van der Waals surface area contributed by atoms with E-state index in [9.17, 15) is 4.79 Å². The number of nitrogen functional groups attached to an aromatic ring is 1. The molecular formula is C10H15N3O2. The SMILES string of the molecule is Nn1cc(C2CCCCC2)c(C(=O)O)n1. The van der Waals surface area contributed by atoms with Gasteiger partial charge in [0.05, 0.1) is 6.20 Å². The normalized spacial score (nSPS) is 17.9. The molecule has 2 rings (SSSR count). The summed E-state index contributed by atoms with van der Waals surface area (Å²) in [4.78, 5) is 12.1. The van der Waals surface area contributed by atoms with Crippen molar-refractivity contribution < 1.29 is 9.90 Å². The summed E-state index contributed by atoms with van der Waals surface area (Å²) in [5.74, 6) is 4.80. The Bertz CT molecular complexity index is 367. The lowest BCUT2D eigenvalue weighted by molar-refractivity contribution is 0.0687. The minimum absolute atomic E-state index is 0.115. The van der Waals surface area contributed by atoms with Gasteiger partial charge >= 0.3 is 5.97 Å². The number of aromatic carboxylic acids is 1. The molecule has 1 saturated carbocycles. The second-order valence-corrected chi connectivity index (χ2v) is 4.05. The summed E-state index contributed by atoms with van der Waals surface area (Å²) in [6, 6.07) is 0. The zero-order valence-corrected chi connectivity index (χ0v) is 8.52. The van der Waals surface area contributed by atoms with Crippen LogP contribution < -0.4 is 5.84 Å². The molecule has 0 bridgehead atoms. The summed E-state index contributed by atoms with van der Waals surface area (Å²) < 4.78 is 0. The quantitative estimate of drug-likeness (QED) is 0.720. The van der Waals surface area contributed by atoms with Crippen LogP contribution in [0.25, 0.3) is 0 Å². The van der Waals surface area contributed by atoms with Crippen LogP contribution in [0.1, 0.15) is 54.1 Å². The summed E-state index contributed by atoms with van der Waals surface area (Å²) in [6.45, 7) is 0. The van der Waals surface area contributed by atoms with Gasteiger partial charge in [-0.15, -0.1) is 5.10 Å². The van der Waals surface area contributed by atoms with Gasteiger partial charge in [0.25, 0.3) is 0 Å². The Labute approximate surface area is 87.9 Å². The van der Waals surface area contributed by atoms with Crippen LogP contribution in [0.15, 0.2) is 6.20 Å². The van der Waals surface area contributed by atoms with Gasteiger partial charge in [-0.05, 0) is 18.8 Å². The fourth-order valence-electron chi connectivity index (χ4n) is 2.28. The minimum atomic E-state index is -0.986. The molecule has 0 radical (unpaired) electrons. The van der Waals surface area contributed by atoms with Crippen LogP contribution in [0.2, 0.25) is 0 Å². The van der Waals surface area contributed by atoms with Crippen molar-refractivity contribution in [1.82, 2.24) is 9.89 Å². The Morgan fingerprint density at radius 2 is 2.13 bits per heavy atom. The first kappa shape index (κ1) is 10.0. The Kier molecular flexibility index (Phi) is 2.62. The van der Waals surface area contributed by atoms with E-state index in [4.69, 9.17) is 10.9 Å². The molecule has 3 N–H and O–H groups in total. The predicted octanol–water partition coefficient (Wildman–Crippen LogP) is 1.34. The molecule has 0 saturated heterocycles. The van der Waals surface area contributed by atoms with Gasteiger partial charge < -0.3 is 10.9 Å². The minimum Gasteiger partial charge on any atom is -0.476 e. The second-order valence-electron chi connectivity index (χ2n) is 4.05. The number of hydrogen-bond donors (Lipinski definition) is 2. The van der Waals surface area contributed by atoms with Gasteiger partial charge in [-0.3, -0.25) is 0 Å². The average molecular weight is 209 g/mol. The second kappa shape index (κ2) is 3.92. The smallest absolute Gasteiger partial charge is 0.356 e. The molecule has 1 fully saturated rings. The molecule has 1 heterocycles. The summed E-state index contributed by atoms with van der Waals surface area (Å²) in [7, 11) is 0. The van der Waals surface area contributed by atoms with Crippen LogP contribution >= 0.6 is 0 Å². The third-order valence-corrected chi connectivity index (χ3v) is 3.01. The fourth-order valence-corrected chi connectivity index (χ4v) is 2.28. The Morgan fingerprint density at radius 3 is 2.73 bits per heavy atom. The standard InChI is InChI=1S/C10H15N3O2/c11-13-6-8(9(12-13)10(14)15)7-4-2-1-3-5-7/h6-7H,1-5,11H2,(H,14,15). The first-order valence-corrected chi connectivity index (χ1v) is 5.26. The fraction of sp³-hybridized carbons (Fsp3) is 0.600. The van der Waals surface area contributed by atoms with E-state index in [1.165, 1.54) is 19.3 Å². The van der Waals surface area contributed by atoms with Crippen LogP contribution in [0, 0.1) is 0 Å². The van der Waals surface area contributed by atoms with Gasteiger partial charge in [0.1, 0.15) is 0 Å². The highest BCUT2D eigenvalue weighted by molar-refractivity contribution is 5.87. The lowest BCUT2D eigenvalue weighted by atomic mass is 9.84. The lowest BCUT2D eigenvalue weighted by Crippen LogP contribution is -2.10. The van der Waals surface area contributed by atoms with Gasteiger partial charge in [-0.25, -0.2) is 4.79 Å². The largest absolute Gasteiger partial charge is 0.476 e. The highest BCUT2D eigenvalue weighted by Gasteiger charge is 2.24. The van der Waals surface area contributed by atoms with E-state index < -0.39 is 5.97 Å². The maximum Gasteiger partial charge on any atom is 0.356 e. The molecule has 82 valence electrons. The molecule has 5 heteroatoms. The number of hydrogen-bond acceptors (Lipinski definition) is 3. The number of nitrogens with zero attached hydrogens (tertiary/aromatic N) is 2. The molecule has 0 unspecified atom stereocenters. The number of nitrogens with two attached hydrogens (primary N) is 1. The molecular weight excluding hydrogens is 194 g/mol. The highest BCUT2D eigenvalue weighted by Crippen LogP contribution is 2.33. The van der Waals surface area contributed by atoms with E-state index in [0.29, 0.717) is 5.92 Å². The molecule has 1 aromatic heterocycles. The van der Waals surface area contributed by atoms with E-state index in [0.717, 1.165) is 23.2 Å². The van der Waals surface area contributed by atoms with E-state index in [-0.39, 0.29) is 5.69 Å². The number of aromatic nitrogens is 2. The molecule has 1 aliphatic carbocycles. The third kappa shape index (κ3) is 1.95. The van der Waals surface area contributed by atoms with E-state index in [1.807, 2.05) is 0 Å². The number of carbonyl (C=O) groups is 1. The van der Waals surface area contributed by atoms with Crippen molar-refractivity contribution in [1.29, 1.82) is 0 Å². The van der Waals surface area contributed by atoms with E-state index in [2.05, 4.69) is 5.10 Å². The van der Waals surface area contributed by atoms with E-state index >= 15 is 0 Å². The molecule has 5 nitrogen and oxygen atoms in total. The van der Waals surface area contributed by atoms with Crippen LogP contribution in [0.5, 0.6) is 0 Å². The molecule has 0 amide bonds. The molecule has 1 aromatic rings. The van der Waals surface area contributed by atoms with Gasteiger partial charge in [-0.1, -0.05) is 19.3 Å². The Hall–Kier alpha value is -1.52. The van der Waals surface area contributed by atoms with E-state index in [1.54, 1.807) is 6.20 Å². The monoisotopic (exact) mass is 209 g/mol. The van der Waals surface area contributed by atoms with Crippen molar-refractivity contribution in [2.45, 2.75) is 38.0 Å². The van der Waals surface area contributed by atoms with Crippen LogP contribution in [0.4, 0.5) is 0 Å². The molecule has 15 heavy (non-hydrogen) atoms. The first-order valence-electron chi connectivity index (χ1n) is 5.26. The van der Waals surface area contributed by atoms with Crippen molar-refractivity contribution in [3.8, 4) is 0 Å². The van der Waals surface area contributed by atoms with Crippen LogP contribution in [-0.4, -0.2) is 21.0 Å². The summed E-state index contributed by atoms with van der Waals surface area (Å²) >= 11 is 0. The molecule has 1 aliphatic rings. The van der Waals surface area contributed by atoms with Crippen molar-refractivity contribution in [2.24, 2.45) is 0 Å². The zero-order valence-electron chi connectivity index (χ0n) is 8.52. The van der Waals surface area contributed by atoms with Crippen molar-refractivity contribution >= 4 is 5.97 Å². The highest BCUT2D eigenvalue weighted by atomic mass is 16.4. The predicted molar refractivity (Wildman–Crippen MR) is 55.2 cm³/mol. The van der Waals surface area contributed by atoms with Gasteiger partial charge in [-0.2, -0.15) is 4.79 Å². The summed E-state index contributed by atoms with van der Waals surface area (Å²) in [6.07, 6.45) is 7.31. The van der Waals surface area contributed by atoms with Crippen molar-refractivity contribution in [3.63, 3.8) is 0 Å². The Balaban J connectivity index is 2.28. The number of rotatable bonds is 2. The maximum absolute atomic E-state index is 10.9. The lowest BCUT2D eigenvalue weighted by Gasteiger charge is -2.20. The van der Waals surface area contributed by atoms with Crippen LogP contribution in [-0.2, 0) is 0 Å². The molecule has 0 atom stereocenters. The first-order chi connectivity index (χ1) is 7.18. The number of carboxylic acids is 1. The zero-order chi connectivity index (χ0) is 10.8. The summed E-state index contributed by atoms with van der Waals surface area (Å²) in [5.41, 5.74) is 0.911. The van der Waals surface area contributed by atoms with Crippen LogP contribution in [0.3, 0.4) is 0 Å². The van der Waals surface area contributed by atoms with Crippen molar-refractivity contribution in [3.05, 3.63) is 17.5 Å². The van der Waals surface area contributed by atoms with Gasteiger partial charge in [0.15, 0.2) is 5.69 Å². The molecule has 0 aromatic carbocycles. The van der Waals surface area contributed by atoms with Gasteiger partial charge in [0, 0.05) is 5.56 Å². The van der Waals surface area contributed by atoms with Gasteiger partial charge in [0.2, 0.25) is 0 Å².